The standard InChI is InChI=1S/C10H12O5/c1-10(14,9(12)13)6-15-8-4-2-7(11)3-5-8/h2-5,11,14H,6H2,1H3,(H,12,13). The molecule has 0 aliphatic rings. The van der Waals surface area contributed by atoms with Gasteiger partial charge in [0.05, 0.1) is 0 Å². The van der Waals surface area contributed by atoms with E-state index in [1.165, 1.54) is 24.3 Å². The predicted octanol–water partition coefficient (Wildman–Crippen LogP) is 0.607. The Morgan fingerprint density at radius 1 is 1.40 bits per heavy atom. The zero-order valence-corrected chi connectivity index (χ0v) is 8.17. The molecule has 0 heterocycles. The zero-order valence-electron chi connectivity index (χ0n) is 8.17. The molecule has 1 rings (SSSR count). The fraction of sp³-hybridized carbons (Fsp3) is 0.300. The van der Waals surface area contributed by atoms with Crippen LogP contribution in [-0.4, -0.2) is 33.5 Å². The maximum Gasteiger partial charge on any atom is 0.339 e. The molecule has 1 aromatic carbocycles. The van der Waals surface area contributed by atoms with Gasteiger partial charge >= 0.3 is 5.97 Å². The summed E-state index contributed by atoms with van der Waals surface area (Å²) in [6.45, 7) is 0.794. The van der Waals surface area contributed by atoms with Gasteiger partial charge in [-0.05, 0) is 31.2 Å². The van der Waals surface area contributed by atoms with Gasteiger partial charge in [-0.1, -0.05) is 0 Å². The number of carboxylic acids is 1. The molecule has 5 heteroatoms. The monoisotopic (exact) mass is 212 g/mol. The van der Waals surface area contributed by atoms with Crippen LogP contribution in [0.1, 0.15) is 6.92 Å². The Labute approximate surface area is 86.5 Å². The van der Waals surface area contributed by atoms with E-state index >= 15 is 0 Å². The quantitative estimate of drug-likeness (QED) is 0.680. The van der Waals surface area contributed by atoms with E-state index in [1.807, 2.05) is 0 Å². The highest BCUT2D eigenvalue weighted by molar-refractivity contribution is 5.76. The SMILES string of the molecule is CC(O)(COc1ccc(O)cc1)C(=O)O. The van der Waals surface area contributed by atoms with E-state index in [4.69, 9.17) is 14.9 Å². The molecule has 82 valence electrons. The summed E-state index contributed by atoms with van der Waals surface area (Å²) in [5, 5.41) is 26.9. The van der Waals surface area contributed by atoms with Crippen molar-refractivity contribution in [3.63, 3.8) is 0 Å². The molecule has 0 saturated heterocycles. The van der Waals surface area contributed by atoms with E-state index in [0.717, 1.165) is 6.92 Å². The Morgan fingerprint density at radius 2 is 1.93 bits per heavy atom. The van der Waals surface area contributed by atoms with E-state index < -0.39 is 11.6 Å². The maximum absolute atomic E-state index is 10.5. The van der Waals surface area contributed by atoms with Gasteiger partial charge in [0.1, 0.15) is 18.1 Å². The first-order valence-corrected chi connectivity index (χ1v) is 4.29. The number of aliphatic hydroxyl groups is 1. The first-order chi connectivity index (χ1) is 6.92. The van der Waals surface area contributed by atoms with E-state index in [0.29, 0.717) is 5.75 Å². The Hall–Kier alpha value is -1.75. The highest BCUT2D eigenvalue weighted by Gasteiger charge is 2.30. The molecule has 0 bridgehead atoms. The summed E-state index contributed by atoms with van der Waals surface area (Å²) in [6.07, 6.45) is 0. The van der Waals surface area contributed by atoms with E-state index in [1.54, 1.807) is 0 Å². The summed E-state index contributed by atoms with van der Waals surface area (Å²) in [5.74, 6) is -0.872. The van der Waals surface area contributed by atoms with Gasteiger partial charge in [-0.25, -0.2) is 4.79 Å². The molecule has 1 atom stereocenters. The summed E-state index contributed by atoms with van der Waals surface area (Å²) < 4.78 is 5.05. The fourth-order valence-corrected chi connectivity index (χ4v) is 0.828. The molecule has 15 heavy (non-hydrogen) atoms. The third kappa shape index (κ3) is 3.14. The lowest BCUT2D eigenvalue weighted by Crippen LogP contribution is -2.41. The van der Waals surface area contributed by atoms with Gasteiger partial charge in [0.15, 0.2) is 5.60 Å². The number of phenolic OH excluding ortho intramolecular Hbond substituents is 1. The largest absolute Gasteiger partial charge is 0.508 e. The molecular formula is C10H12O5. The van der Waals surface area contributed by atoms with Crippen LogP contribution in [0.5, 0.6) is 11.5 Å². The van der Waals surface area contributed by atoms with Gasteiger partial charge in [-0.15, -0.1) is 0 Å². The smallest absolute Gasteiger partial charge is 0.339 e. The lowest BCUT2D eigenvalue weighted by molar-refractivity contribution is -0.159. The number of aliphatic carboxylic acids is 1. The van der Waals surface area contributed by atoms with Crippen LogP contribution < -0.4 is 4.74 Å². The average molecular weight is 212 g/mol. The van der Waals surface area contributed by atoms with Crippen molar-refractivity contribution in [2.24, 2.45) is 0 Å². The number of benzene rings is 1. The van der Waals surface area contributed by atoms with Crippen LogP contribution in [0.15, 0.2) is 24.3 Å². The number of aromatic hydroxyl groups is 1. The predicted molar refractivity (Wildman–Crippen MR) is 51.9 cm³/mol. The molecule has 0 aliphatic carbocycles. The van der Waals surface area contributed by atoms with Crippen LogP contribution in [0.3, 0.4) is 0 Å². The fourth-order valence-electron chi connectivity index (χ4n) is 0.828. The van der Waals surface area contributed by atoms with Gasteiger partial charge in [0, 0.05) is 0 Å². The van der Waals surface area contributed by atoms with Crippen molar-refractivity contribution in [2.75, 3.05) is 6.61 Å². The van der Waals surface area contributed by atoms with Crippen LogP contribution >= 0.6 is 0 Å². The van der Waals surface area contributed by atoms with Crippen molar-refractivity contribution in [3.8, 4) is 11.5 Å². The van der Waals surface area contributed by atoms with Gasteiger partial charge < -0.3 is 20.1 Å². The van der Waals surface area contributed by atoms with Crippen molar-refractivity contribution in [3.05, 3.63) is 24.3 Å². The average Bonchev–Trinajstić information content (AvgIpc) is 2.17. The number of ether oxygens (including phenoxy) is 1. The molecular weight excluding hydrogens is 200 g/mol. The molecule has 0 saturated carbocycles. The zero-order chi connectivity index (χ0) is 11.5. The van der Waals surface area contributed by atoms with Gasteiger partial charge in [-0.2, -0.15) is 0 Å². The van der Waals surface area contributed by atoms with Crippen LogP contribution in [0.25, 0.3) is 0 Å². The number of phenols is 1. The summed E-state index contributed by atoms with van der Waals surface area (Å²) in [5.41, 5.74) is -1.92. The number of hydrogen-bond acceptors (Lipinski definition) is 4. The number of hydrogen-bond donors (Lipinski definition) is 3. The second-order valence-corrected chi connectivity index (χ2v) is 3.36. The normalized spacial score (nSPS) is 14.3. The lowest BCUT2D eigenvalue weighted by Gasteiger charge is -2.18. The molecule has 0 amide bonds. The Kier molecular flexibility index (Phi) is 3.16. The van der Waals surface area contributed by atoms with Gasteiger partial charge in [0.2, 0.25) is 0 Å². The topological polar surface area (TPSA) is 87.0 Å². The highest BCUT2D eigenvalue weighted by Crippen LogP contribution is 2.17. The molecule has 0 aromatic heterocycles. The highest BCUT2D eigenvalue weighted by atomic mass is 16.5. The van der Waals surface area contributed by atoms with Crippen LogP contribution in [0.4, 0.5) is 0 Å². The number of carboxylic acid groups (broad SMARTS) is 1. The molecule has 0 spiro atoms. The van der Waals surface area contributed by atoms with Crippen molar-refractivity contribution < 1.29 is 24.9 Å². The third-order valence-electron chi connectivity index (χ3n) is 1.82. The lowest BCUT2D eigenvalue weighted by atomic mass is 10.1. The van der Waals surface area contributed by atoms with E-state index in [2.05, 4.69) is 0 Å². The first kappa shape index (κ1) is 11.3. The van der Waals surface area contributed by atoms with E-state index in [-0.39, 0.29) is 12.4 Å². The third-order valence-corrected chi connectivity index (χ3v) is 1.82. The van der Waals surface area contributed by atoms with Crippen molar-refractivity contribution in [2.45, 2.75) is 12.5 Å². The molecule has 3 N–H and O–H groups in total. The Bertz CT molecular complexity index is 341. The Morgan fingerprint density at radius 3 is 2.40 bits per heavy atom. The number of carbonyl (C=O) groups is 1. The first-order valence-electron chi connectivity index (χ1n) is 4.29. The molecule has 0 fully saturated rings. The molecule has 1 aromatic rings. The minimum atomic E-state index is -1.92. The van der Waals surface area contributed by atoms with Crippen LogP contribution in [0.2, 0.25) is 0 Å². The second kappa shape index (κ2) is 4.18. The van der Waals surface area contributed by atoms with Crippen molar-refractivity contribution >= 4 is 5.97 Å². The summed E-state index contributed by atoms with van der Waals surface area (Å²) >= 11 is 0. The summed E-state index contributed by atoms with van der Waals surface area (Å²) in [4.78, 5) is 10.5. The number of rotatable bonds is 4. The minimum Gasteiger partial charge on any atom is -0.508 e. The molecule has 0 radical (unpaired) electrons. The van der Waals surface area contributed by atoms with Crippen LogP contribution in [0, 0.1) is 0 Å². The second-order valence-electron chi connectivity index (χ2n) is 3.36. The molecule has 1 unspecified atom stereocenters. The summed E-state index contributed by atoms with van der Waals surface area (Å²) in [6, 6.07) is 5.77. The summed E-state index contributed by atoms with van der Waals surface area (Å²) in [7, 11) is 0. The minimum absolute atomic E-state index is 0.0901. The molecule has 0 aliphatic heterocycles. The van der Waals surface area contributed by atoms with E-state index in [9.17, 15) is 9.90 Å². The maximum atomic E-state index is 10.5. The van der Waals surface area contributed by atoms with Gasteiger partial charge in [-0.3, -0.25) is 0 Å². The Balaban J connectivity index is 2.57. The van der Waals surface area contributed by atoms with Crippen molar-refractivity contribution in [1.82, 2.24) is 0 Å². The van der Waals surface area contributed by atoms with Crippen LogP contribution in [-0.2, 0) is 4.79 Å². The van der Waals surface area contributed by atoms with Crippen molar-refractivity contribution in [1.29, 1.82) is 0 Å². The van der Waals surface area contributed by atoms with Gasteiger partial charge in [0.25, 0.3) is 0 Å². The molecule has 5 nitrogen and oxygen atoms in total.